The van der Waals surface area contributed by atoms with Crippen molar-refractivity contribution < 1.29 is 22.4 Å². The van der Waals surface area contributed by atoms with Crippen LogP contribution in [-0.4, -0.2) is 15.9 Å². The molecule has 0 saturated carbocycles. The summed E-state index contributed by atoms with van der Waals surface area (Å²) in [6.07, 6.45) is -3.52. The Kier molecular flexibility index (Phi) is 5.48. The second-order valence-electron chi connectivity index (χ2n) is 5.74. The van der Waals surface area contributed by atoms with E-state index in [-0.39, 0.29) is 28.6 Å². The van der Waals surface area contributed by atoms with Gasteiger partial charge in [-0.2, -0.15) is 13.2 Å². The monoisotopic (exact) mass is 406 g/mol. The van der Waals surface area contributed by atoms with E-state index >= 15 is 0 Å². The van der Waals surface area contributed by atoms with Gasteiger partial charge in [-0.25, -0.2) is 14.4 Å². The fraction of sp³-hybridized carbons (Fsp3) is 0.0556. The number of nitrogen functional groups attached to an aromatic ring is 1. The van der Waals surface area contributed by atoms with Gasteiger partial charge < -0.3 is 11.1 Å². The zero-order chi connectivity index (χ0) is 21.0. The van der Waals surface area contributed by atoms with Crippen molar-refractivity contribution in [3.63, 3.8) is 0 Å². The first-order chi connectivity index (χ1) is 13.8. The Morgan fingerprint density at radius 2 is 1.62 bits per heavy atom. The molecule has 0 aliphatic carbocycles. The minimum absolute atomic E-state index is 0.0394. The molecular formula is C18H14F4N6O. The second kappa shape index (κ2) is 8.00. The Balaban J connectivity index is 1.77. The minimum atomic E-state index is -4.57. The van der Waals surface area contributed by atoms with Crippen LogP contribution in [0.1, 0.15) is 15.9 Å². The zero-order valence-corrected chi connectivity index (χ0v) is 14.6. The van der Waals surface area contributed by atoms with Crippen molar-refractivity contribution in [2.24, 2.45) is 0 Å². The number of nitrogens with two attached hydrogens (primary N) is 1. The molecule has 0 unspecified atom stereocenters. The fourth-order valence-electron chi connectivity index (χ4n) is 2.35. The van der Waals surface area contributed by atoms with Gasteiger partial charge in [-0.05, 0) is 36.4 Å². The second-order valence-corrected chi connectivity index (χ2v) is 5.74. The van der Waals surface area contributed by atoms with Crippen molar-refractivity contribution in [1.82, 2.24) is 15.4 Å². The average molecular weight is 406 g/mol. The molecule has 0 aliphatic heterocycles. The molecule has 0 atom stereocenters. The number of hydrogen-bond donors (Lipinski definition) is 4. The summed E-state index contributed by atoms with van der Waals surface area (Å²) in [5.74, 6) is -1.22. The molecule has 0 spiro atoms. The van der Waals surface area contributed by atoms with Crippen LogP contribution in [0.4, 0.5) is 40.6 Å². The molecule has 1 heterocycles. The van der Waals surface area contributed by atoms with Crippen molar-refractivity contribution >= 4 is 28.9 Å². The Labute approximate surface area is 161 Å². The largest absolute Gasteiger partial charge is 0.418 e. The Bertz CT molecular complexity index is 1020. The lowest BCUT2D eigenvalue weighted by Crippen LogP contribution is -2.30. The molecule has 3 aromatic rings. The molecule has 0 saturated heterocycles. The van der Waals surface area contributed by atoms with Crippen molar-refractivity contribution in [3.05, 3.63) is 71.8 Å². The average Bonchev–Trinajstić information content (AvgIpc) is 2.68. The third kappa shape index (κ3) is 4.69. The van der Waals surface area contributed by atoms with Crippen LogP contribution in [0, 0.1) is 5.82 Å². The number of benzene rings is 2. The predicted molar refractivity (Wildman–Crippen MR) is 98.7 cm³/mol. The number of carbonyl (C=O) groups excluding carboxylic acids is 1. The van der Waals surface area contributed by atoms with Gasteiger partial charge in [0.15, 0.2) is 11.6 Å². The molecule has 5 N–H and O–H groups in total. The maximum Gasteiger partial charge on any atom is 0.418 e. The van der Waals surface area contributed by atoms with E-state index in [1.807, 2.05) is 0 Å². The highest BCUT2D eigenvalue weighted by molar-refractivity contribution is 5.95. The smallest absolute Gasteiger partial charge is 0.393 e. The molecule has 1 amide bonds. The molecule has 11 heteroatoms. The van der Waals surface area contributed by atoms with Crippen molar-refractivity contribution in [2.75, 3.05) is 16.5 Å². The fourth-order valence-corrected chi connectivity index (χ4v) is 2.35. The number of hydrogen-bond acceptors (Lipinski definition) is 6. The van der Waals surface area contributed by atoms with Crippen LogP contribution in [0.2, 0.25) is 0 Å². The predicted octanol–water partition coefficient (Wildman–Crippen LogP) is 3.72. The molecule has 2 aromatic carbocycles. The van der Waals surface area contributed by atoms with E-state index in [1.54, 1.807) is 0 Å². The Morgan fingerprint density at radius 3 is 2.31 bits per heavy atom. The van der Waals surface area contributed by atoms with Crippen LogP contribution < -0.4 is 21.9 Å². The number of carbonyl (C=O) groups is 1. The molecule has 150 valence electrons. The summed E-state index contributed by atoms with van der Waals surface area (Å²) < 4.78 is 52.3. The Morgan fingerprint density at radius 1 is 0.966 bits per heavy atom. The lowest BCUT2D eigenvalue weighted by atomic mass is 10.1. The van der Waals surface area contributed by atoms with Gasteiger partial charge in [-0.3, -0.25) is 15.6 Å². The van der Waals surface area contributed by atoms with Crippen LogP contribution >= 0.6 is 0 Å². The van der Waals surface area contributed by atoms with Crippen LogP contribution in [0.15, 0.2) is 54.9 Å². The molecule has 0 bridgehead atoms. The topological polar surface area (TPSA) is 105 Å². The van der Waals surface area contributed by atoms with Gasteiger partial charge in [-0.1, -0.05) is 12.1 Å². The van der Waals surface area contributed by atoms with Gasteiger partial charge in [0, 0.05) is 5.56 Å². The molecule has 1 aromatic heterocycles. The van der Waals surface area contributed by atoms with E-state index in [4.69, 9.17) is 5.73 Å². The van der Waals surface area contributed by atoms with Crippen LogP contribution in [-0.2, 0) is 6.18 Å². The van der Waals surface area contributed by atoms with Gasteiger partial charge in [0.25, 0.3) is 5.91 Å². The highest BCUT2D eigenvalue weighted by Crippen LogP contribution is 2.36. The Hall–Kier alpha value is -3.89. The lowest BCUT2D eigenvalue weighted by Gasteiger charge is -2.16. The van der Waals surface area contributed by atoms with Crippen LogP contribution in [0.25, 0.3) is 0 Å². The summed E-state index contributed by atoms with van der Waals surface area (Å²) in [6, 6.07) is 9.62. The van der Waals surface area contributed by atoms with Crippen molar-refractivity contribution in [1.29, 1.82) is 0 Å². The van der Waals surface area contributed by atoms with Gasteiger partial charge in [-0.15, -0.1) is 0 Å². The van der Waals surface area contributed by atoms with Gasteiger partial charge in [0.1, 0.15) is 17.8 Å². The van der Waals surface area contributed by atoms with Crippen LogP contribution in [0.3, 0.4) is 0 Å². The summed E-state index contributed by atoms with van der Waals surface area (Å²) in [5, 5.41) is 2.52. The van der Waals surface area contributed by atoms with E-state index < -0.39 is 23.5 Å². The summed E-state index contributed by atoms with van der Waals surface area (Å²) in [5.41, 5.74) is 9.59. The molecule has 29 heavy (non-hydrogen) atoms. The van der Waals surface area contributed by atoms with Crippen LogP contribution in [0.5, 0.6) is 0 Å². The lowest BCUT2D eigenvalue weighted by molar-refractivity contribution is -0.136. The maximum atomic E-state index is 13.1. The van der Waals surface area contributed by atoms with Crippen molar-refractivity contribution in [2.45, 2.75) is 6.18 Å². The summed E-state index contributed by atoms with van der Waals surface area (Å²) in [6.45, 7) is 0. The highest BCUT2D eigenvalue weighted by atomic mass is 19.4. The highest BCUT2D eigenvalue weighted by Gasteiger charge is 2.33. The van der Waals surface area contributed by atoms with Gasteiger partial charge in [0.05, 0.1) is 11.3 Å². The molecule has 0 aliphatic rings. The SMILES string of the molecule is Nc1c(NNC(=O)c2ccc(F)cc2)ncnc1Nc1ccccc1C(F)(F)F. The first kappa shape index (κ1) is 19.9. The maximum absolute atomic E-state index is 13.1. The van der Waals surface area contributed by atoms with E-state index in [2.05, 4.69) is 26.1 Å². The number of nitrogens with zero attached hydrogens (tertiary/aromatic N) is 2. The van der Waals surface area contributed by atoms with E-state index in [9.17, 15) is 22.4 Å². The summed E-state index contributed by atoms with van der Waals surface area (Å²) in [7, 11) is 0. The number of aromatic nitrogens is 2. The number of para-hydroxylation sites is 1. The zero-order valence-electron chi connectivity index (χ0n) is 14.6. The third-order valence-corrected chi connectivity index (χ3v) is 3.77. The normalized spacial score (nSPS) is 11.0. The first-order valence-corrected chi connectivity index (χ1v) is 8.11. The number of alkyl halides is 3. The number of rotatable bonds is 5. The molecule has 7 nitrogen and oxygen atoms in total. The third-order valence-electron chi connectivity index (χ3n) is 3.77. The van der Waals surface area contributed by atoms with E-state index in [0.717, 1.165) is 24.5 Å². The molecule has 3 rings (SSSR count). The van der Waals surface area contributed by atoms with Gasteiger partial charge >= 0.3 is 6.18 Å². The minimum Gasteiger partial charge on any atom is -0.393 e. The van der Waals surface area contributed by atoms with E-state index in [0.29, 0.717) is 0 Å². The number of halogens is 4. The molecular weight excluding hydrogens is 392 g/mol. The number of amides is 1. The summed E-state index contributed by atoms with van der Waals surface area (Å²) >= 11 is 0. The molecule has 0 fully saturated rings. The number of hydrazine groups is 1. The first-order valence-electron chi connectivity index (χ1n) is 8.11. The summed E-state index contributed by atoms with van der Waals surface area (Å²) in [4.78, 5) is 19.7. The number of nitrogens with one attached hydrogen (secondary N) is 3. The quantitative estimate of drug-likeness (QED) is 0.380. The van der Waals surface area contributed by atoms with Gasteiger partial charge in [0.2, 0.25) is 0 Å². The van der Waals surface area contributed by atoms with E-state index in [1.165, 1.54) is 30.3 Å². The van der Waals surface area contributed by atoms with Crippen molar-refractivity contribution in [3.8, 4) is 0 Å². The standard InChI is InChI=1S/C18H14F4N6O/c19-11-7-5-10(6-8-11)17(29)28-27-16-14(23)15(24-9-25-16)26-13-4-2-1-3-12(13)18(20,21)22/h1-9H,23H2,(H,28,29)(H2,24,25,26,27). The number of anilines is 4. The molecule has 0 radical (unpaired) electrons.